The molecule has 0 aliphatic heterocycles. The molecule has 2 atom stereocenters. The van der Waals surface area contributed by atoms with Gasteiger partial charge >= 0.3 is 0 Å². The fourth-order valence-electron chi connectivity index (χ4n) is 1.63. The van der Waals surface area contributed by atoms with Crippen LogP contribution in [0.15, 0.2) is 24.3 Å². The SMILES string of the molecule is CC(CS(C)=O)NS(=O)(=O)CCOc1cccc(N)c1. The van der Waals surface area contributed by atoms with Crippen LogP contribution in [0.5, 0.6) is 5.75 Å². The number of hydrogen-bond donors (Lipinski definition) is 2. The Morgan fingerprint density at radius 3 is 2.75 bits per heavy atom. The second-order valence-electron chi connectivity index (χ2n) is 4.50. The topological polar surface area (TPSA) is 98.5 Å². The maximum absolute atomic E-state index is 11.8. The average Bonchev–Trinajstić information content (AvgIpc) is 2.26. The second-order valence-corrected chi connectivity index (χ2v) is 7.85. The van der Waals surface area contributed by atoms with E-state index < -0.39 is 20.8 Å². The van der Waals surface area contributed by atoms with Crippen LogP contribution in [-0.4, -0.2) is 43.0 Å². The van der Waals surface area contributed by atoms with Crippen molar-refractivity contribution in [2.45, 2.75) is 13.0 Å². The molecule has 0 spiro atoms. The fraction of sp³-hybridized carbons (Fsp3) is 0.500. The molecule has 0 amide bonds. The van der Waals surface area contributed by atoms with Gasteiger partial charge in [0.05, 0.1) is 5.75 Å². The molecule has 0 aliphatic rings. The third-order valence-electron chi connectivity index (χ3n) is 2.34. The Balaban J connectivity index is 2.42. The first kappa shape index (κ1) is 16.9. The van der Waals surface area contributed by atoms with E-state index in [9.17, 15) is 12.6 Å². The van der Waals surface area contributed by atoms with Gasteiger partial charge < -0.3 is 10.5 Å². The third-order valence-corrected chi connectivity index (χ3v) is 4.78. The number of ether oxygens (including phenoxy) is 1. The van der Waals surface area contributed by atoms with E-state index in [0.29, 0.717) is 11.4 Å². The van der Waals surface area contributed by atoms with Crippen LogP contribution in [0.25, 0.3) is 0 Å². The monoisotopic (exact) mass is 320 g/mol. The Morgan fingerprint density at radius 1 is 1.45 bits per heavy atom. The standard InChI is InChI=1S/C12H20N2O4S2/c1-10(9-19(2)15)14-20(16,17)7-6-18-12-5-3-4-11(13)8-12/h3-5,8,10,14H,6-7,9,13H2,1-2H3. The maximum Gasteiger partial charge on any atom is 0.215 e. The molecule has 0 heterocycles. The van der Waals surface area contributed by atoms with Gasteiger partial charge in [0.25, 0.3) is 0 Å². The summed E-state index contributed by atoms with van der Waals surface area (Å²) in [6, 6.07) is 6.42. The van der Waals surface area contributed by atoms with Gasteiger partial charge in [-0.15, -0.1) is 0 Å². The van der Waals surface area contributed by atoms with Gasteiger partial charge in [-0.2, -0.15) is 0 Å². The minimum atomic E-state index is -3.45. The molecule has 0 fully saturated rings. The number of nitrogens with two attached hydrogens (primary N) is 1. The number of hydrogen-bond acceptors (Lipinski definition) is 5. The normalized spacial score (nSPS) is 14.7. The summed E-state index contributed by atoms with van der Waals surface area (Å²) < 4.78 is 42.3. The summed E-state index contributed by atoms with van der Waals surface area (Å²) >= 11 is 0. The van der Waals surface area contributed by atoms with Gasteiger partial charge in [0.15, 0.2) is 0 Å². The van der Waals surface area contributed by atoms with E-state index in [1.165, 1.54) is 6.26 Å². The van der Waals surface area contributed by atoms with Gasteiger partial charge in [-0.05, 0) is 19.1 Å². The lowest BCUT2D eigenvalue weighted by atomic mass is 10.3. The van der Waals surface area contributed by atoms with Gasteiger partial charge in [0, 0.05) is 40.6 Å². The van der Waals surface area contributed by atoms with Gasteiger partial charge in [-0.3, -0.25) is 4.21 Å². The van der Waals surface area contributed by atoms with E-state index in [-0.39, 0.29) is 24.2 Å². The summed E-state index contributed by atoms with van der Waals surface area (Å²) in [6.45, 7) is 1.71. The molecular formula is C12H20N2O4S2. The molecule has 0 saturated heterocycles. The number of benzene rings is 1. The first-order valence-corrected chi connectivity index (χ1v) is 9.45. The lowest BCUT2D eigenvalue weighted by molar-refractivity contribution is 0.340. The van der Waals surface area contributed by atoms with Crippen molar-refractivity contribution in [3.8, 4) is 5.75 Å². The van der Waals surface area contributed by atoms with Crippen molar-refractivity contribution in [3.63, 3.8) is 0 Å². The zero-order chi connectivity index (χ0) is 15.2. The Bertz CT molecular complexity index is 560. The molecule has 1 aromatic carbocycles. The van der Waals surface area contributed by atoms with E-state index >= 15 is 0 Å². The van der Waals surface area contributed by atoms with Gasteiger partial charge in [-0.1, -0.05) is 6.07 Å². The highest BCUT2D eigenvalue weighted by atomic mass is 32.2. The van der Waals surface area contributed by atoms with Crippen molar-refractivity contribution >= 4 is 26.5 Å². The van der Waals surface area contributed by atoms with Crippen LogP contribution in [-0.2, 0) is 20.8 Å². The number of rotatable bonds is 8. The number of sulfonamides is 1. The predicted octanol–water partition coefficient (Wildman–Crippen LogP) is 0.334. The van der Waals surface area contributed by atoms with Gasteiger partial charge in [0.1, 0.15) is 12.4 Å². The first-order valence-electron chi connectivity index (χ1n) is 6.07. The molecule has 8 heteroatoms. The summed E-state index contributed by atoms with van der Waals surface area (Å²) in [4.78, 5) is 0. The van der Waals surface area contributed by atoms with Gasteiger partial charge in [-0.25, -0.2) is 13.1 Å². The summed E-state index contributed by atoms with van der Waals surface area (Å²) in [6.07, 6.45) is 1.54. The third kappa shape index (κ3) is 6.88. The van der Waals surface area contributed by atoms with Crippen LogP contribution in [0, 0.1) is 0 Å². The van der Waals surface area contributed by atoms with Crippen molar-refractivity contribution in [3.05, 3.63) is 24.3 Å². The Kier molecular flexibility index (Phi) is 6.44. The van der Waals surface area contributed by atoms with Gasteiger partial charge in [0.2, 0.25) is 10.0 Å². The maximum atomic E-state index is 11.8. The fourth-order valence-corrected chi connectivity index (χ4v) is 3.64. The van der Waals surface area contributed by atoms with Crippen LogP contribution in [0.2, 0.25) is 0 Å². The van der Waals surface area contributed by atoms with Crippen LogP contribution in [0.4, 0.5) is 5.69 Å². The summed E-state index contributed by atoms with van der Waals surface area (Å²) in [7, 11) is -4.49. The number of nitrogens with one attached hydrogen (secondary N) is 1. The highest BCUT2D eigenvalue weighted by molar-refractivity contribution is 7.89. The second kappa shape index (κ2) is 7.61. The molecule has 1 aromatic rings. The van der Waals surface area contributed by atoms with Crippen molar-refractivity contribution in [2.24, 2.45) is 0 Å². The first-order chi connectivity index (χ1) is 9.28. The van der Waals surface area contributed by atoms with E-state index in [1.54, 1.807) is 31.2 Å². The van der Waals surface area contributed by atoms with Crippen LogP contribution in [0.3, 0.4) is 0 Å². The Hall–Kier alpha value is -1.12. The number of anilines is 1. The molecule has 114 valence electrons. The predicted molar refractivity (Wildman–Crippen MR) is 81.7 cm³/mol. The molecule has 6 nitrogen and oxygen atoms in total. The lowest BCUT2D eigenvalue weighted by Gasteiger charge is -2.13. The van der Waals surface area contributed by atoms with Crippen LogP contribution in [0.1, 0.15) is 6.92 Å². The quantitative estimate of drug-likeness (QED) is 0.673. The zero-order valence-electron chi connectivity index (χ0n) is 11.5. The number of nitrogen functional groups attached to an aromatic ring is 1. The largest absolute Gasteiger partial charge is 0.492 e. The molecule has 3 N–H and O–H groups in total. The van der Waals surface area contributed by atoms with E-state index in [4.69, 9.17) is 10.5 Å². The Labute approximate surface area is 122 Å². The highest BCUT2D eigenvalue weighted by Crippen LogP contribution is 2.14. The van der Waals surface area contributed by atoms with Crippen molar-refractivity contribution in [1.29, 1.82) is 0 Å². The molecule has 1 rings (SSSR count). The molecular weight excluding hydrogens is 300 g/mol. The minimum Gasteiger partial charge on any atom is -0.492 e. The van der Waals surface area contributed by atoms with Crippen LogP contribution >= 0.6 is 0 Å². The average molecular weight is 320 g/mol. The molecule has 0 bridgehead atoms. The lowest BCUT2D eigenvalue weighted by Crippen LogP contribution is -2.38. The molecule has 20 heavy (non-hydrogen) atoms. The summed E-state index contributed by atoms with van der Waals surface area (Å²) in [5.74, 6) is 0.653. The van der Waals surface area contributed by atoms with Crippen LogP contribution < -0.4 is 15.2 Å². The van der Waals surface area contributed by atoms with E-state index in [2.05, 4.69) is 4.72 Å². The van der Waals surface area contributed by atoms with E-state index in [0.717, 1.165) is 0 Å². The van der Waals surface area contributed by atoms with Crippen molar-refractivity contribution in [2.75, 3.05) is 30.1 Å². The van der Waals surface area contributed by atoms with E-state index in [1.807, 2.05) is 0 Å². The molecule has 0 aliphatic carbocycles. The molecule has 0 aromatic heterocycles. The minimum absolute atomic E-state index is 0.0285. The molecule has 0 radical (unpaired) electrons. The Morgan fingerprint density at radius 2 is 2.15 bits per heavy atom. The zero-order valence-corrected chi connectivity index (χ0v) is 13.2. The smallest absolute Gasteiger partial charge is 0.215 e. The molecule has 0 saturated carbocycles. The van der Waals surface area contributed by atoms with Crippen molar-refractivity contribution in [1.82, 2.24) is 4.72 Å². The van der Waals surface area contributed by atoms with Crippen molar-refractivity contribution < 1.29 is 17.4 Å². The summed E-state index contributed by atoms with van der Waals surface area (Å²) in [5.41, 5.74) is 6.15. The molecule has 2 unspecified atom stereocenters. The highest BCUT2D eigenvalue weighted by Gasteiger charge is 2.15. The summed E-state index contributed by atoms with van der Waals surface area (Å²) in [5, 5.41) is 0.